The van der Waals surface area contributed by atoms with Crippen molar-refractivity contribution >= 4 is 5.96 Å². The van der Waals surface area contributed by atoms with Crippen LogP contribution < -0.4 is 10.6 Å². The first kappa shape index (κ1) is 24.6. The van der Waals surface area contributed by atoms with Gasteiger partial charge >= 0.3 is 0 Å². The maximum Gasteiger partial charge on any atom is 0.191 e. The third-order valence-electron chi connectivity index (χ3n) is 5.37. The highest BCUT2D eigenvalue weighted by atomic mass is 16.5. The number of hydrogen-bond donors (Lipinski definition) is 2. The number of piperazine rings is 1. The van der Waals surface area contributed by atoms with Crippen molar-refractivity contribution < 1.29 is 9.47 Å². The number of likely N-dealkylation sites (N-methyl/N-ethyl adjacent to an activating group) is 1. The van der Waals surface area contributed by atoms with E-state index in [2.05, 4.69) is 58.5 Å². The van der Waals surface area contributed by atoms with E-state index < -0.39 is 0 Å². The van der Waals surface area contributed by atoms with Crippen LogP contribution in [0.4, 0.5) is 0 Å². The Hall–Kier alpha value is -1.67. The minimum atomic E-state index is 0.644. The van der Waals surface area contributed by atoms with Crippen LogP contribution in [0.5, 0.6) is 0 Å². The monoisotopic (exact) mass is 419 g/mol. The molecule has 0 amide bonds. The average molecular weight is 420 g/mol. The van der Waals surface area contributed by atoms with Crippen molar-refractivity contribution in [2.75, 3.05) is 72.7 Å². The number of guanidine groups is 1. The molecular formula is C23H41N5O2. The molecule has 7 nitrogen and oxygen atoms in total. The predicted octanol–water partition coefficient (Wildman–Crippen LogP) is 1.93. The molecule has 1 aliphatic heterocycles. The molecule has 1 aromatic rings. The summed E-state index contributed by atoms with van der Waals surface area (Å²) < 4.78 is 10.5. The molecule has 1 fully saturated rings. The first-order valence-electron chi connectivity index (χ1n) is 11.4. The van der Waals surface area contributed by atoms with Crippen LogP contribution in [0.3, 0.4) is 0 Å². The summed E-state index contributed by atoms with van der Waals surface area (Å²) in [4.78, 5) is 9.89. The van der Waals surface area contributed by atoms with E-state index in [1.54, 1.807) is 7.11 Å². The summed E-state index contributed by atoms with van der Waals surface area (Å²) in [7, 11) is 1.69. The Kier molecular flexibility index (Phi) is 12.4. The number of methoxy groups -OCH3 is 1. The number of nitrogens with zero attached hydrogens (tertiary/aromatic N) is 3. The van der Waals surface area contributed by atoms with Gasteiger partial charge in [0.15, 0.2) is 5.96 Å². The molecule has 2 rings (SSSR count). The molecule has 0 aliphatic carbocycles. The van der Waals surface area contributed by atoms with Crippen molar-refractivity contribution in [2.45, 2.75) is 33.4 Å². The van der Waals surface area contributed by atoms with Crippen molar-refractivity contribution in [1.29, 1.82) is 0 Å². The summed E-state index contributed by atoms with van der Waals surface area (Å²) >= 11 is 0. The Labute approximate surface area is 182 Å². The lowest BCUT2D eigenvalue weighted by Crippen LogP contribution is -2.45. The molecule has 2 N–H and O–H groups in total. The second kappa shape index (κ2) is 15.2. The van der Waals surface area contributed by atoms with Gasteiger partial charge in [0.05, 0.1) is 19.8 Å². The van der Waals surface area contributed by atoms with Gasteiger partial charge in [-0.05, 0) is 31.0 Å². The molecule has 30 heavy (non-hydrogen) atoms. The lowest BCUT2D eigenvalue weighted by Gasteiger charge is -2.34. The Morgan fingerprint density at radius 3 is 2.40 bits per heavy atom. The quantitative estimate of drug-likeness (QED) is 0.289. The lowest BCUT2D eigenvalue weighted by molar-refractivity contribution is 0.0698. The molecule has 0 aromatic heterocycles. The van der Waals surface area contributed by atoms with Crippen molar-refractivity contribution in [1.82, 2.24) is 20.4 Å². The van der Waals surface area contributed by atoms with E-state index in [-0.39, 0.29) is 0 Å². The van der Waals surface area contributed by atoms with Crippen LogP contribution in [0.15, 0.2) is 29.3 Å². The van der Waals surface area contributed by atoms with Gasteiger partial charge in [-0.1, -0.05) is 31.2 Å². The summed E-state index contributed by atoms with van der Waals surface area (Å²) in [6.07, 6.45) is 0.939. The summed E-state index contributed by atoms with van der Waals surface area (Å²) in [6.45, 7) is 15.5. The summed E-state index contributed by atoms with van der Waals surface area (Å²) in [5, 5.41) is 6.74. The van der Waals surface area contributed by atoms with Crippen LogP contribution in [0.1, 0.15) is 31.4 Å². The third-order valence-corrected chi connectivity index (χ3v) is 5.37. The second-order valence-corrected chi connectivity index (χ2v) is 7.56. The van der Waals surface area contributed by atoms with E-state index in [4.69, 9.17) is 14.5 Å². The van der Waals surface area contributed by atoms with Gasteiger partial charge in [-0.3, -0.25) is 4.90 Å². The highest BCUT2D eigenvalue weighted by Crippen LogP contribution is 2.14. The van der Waals surface area contributed by atoms with Gasteiger partial charge in [0.25, 0.3) is 0 Å². The van der Waals surface area contributed by atoms with Gasteiger partial charge in [0.2, 0.25) is 0 Å². The molecule has 0 bridgehead atoms. The minimum Gasteiger partial charge on any atom is -0.382 e. The fourth-order valence-electron chi connectivity index (χ4n) is 3.50. The van der Waals surface area contributed by atoms with E-state index in [0.717, 1.165) is 58.3 Å². The van der Waals surface area contributed by atoms with Crippen LogP contribution >= 0.6 is 0 Å². The first-order chi connectivity index (χ1) is 14.8. The molecule has 170 valence electrons. The molecule has 0 saturated carbocycles. The maximum atomic E-state index is 5.51. The predicted molar refractivity (Wildman–Crippen MR) is 124 cm³/mol. The van der Waals surface area contributed by atoms with Crippen molar-refractivity contribution in [3.63, 3.8) is 0 Å². The van der Waals surface area contributed by atoms with Gasteiger partial charge in [0, 0.05) is 59.5 Å². The molecular weight excluding hydrogens is 378 g/mol. The fraction of sp³-hybridized carbons (Fsp3) is 0.696. The second-order valence-electron chi connectivity index (χ2n) is 7.56. The van der Waals surface area contributed by atoms with Crippen LogP contribution in [-0.4, -0.2) is 88.5 Å². The number of rotatable bonds is 13. The summed E-state index contributed by atoms with van der Waals surface area (Å²) in [5.41, 5.74) is 2.68. The zero-order valence-corrected chi connectivity index (χ0v) is 19.2. The molecule has 0 radical (unpaired) electrons. The Morgan fingerprint density at radius 1 is 0.967 bits per heavy atom. The highest BCUT2D eigenvalue weighted by molar-refractivity contribution is 5.79. The molecule has 0 unspecified atom stereocenters. The molecule has 1 saturated heterocycles. The highest BCUT2D eigenvalue weighted by Gasteiger charge is 2.16. The molecule has 1 aromatic carbocycles. The van der Waals surface area contributed by atoms with Crippen molar-refractivity contribution in [3.05, 3.63) is 35.4 Å². The number of hydrogen-bond acceptors (Lipinski definition) is 5. The molecule has 1 aliphatic rings. The first-order valence-corrected chi connectivity index (χ1v) is 11.4. The number of benzene rings is 1. The van der Waals surface area contributed by atoms with Gasteiger partial charge in [-0.15, -0.1) is 0 Å². The zero-order valence-electron chi connectivity index (χ0n) is 19.2. The van der Waals surface area contributed by atoms with Crippen molar-refractivity contribution in [3.8, 4) is 0 Å². The topological polar surface area (TPSA) is 61.4 Å². The number of aliphatic imine (C=N–C) groups is 1. The lowest BCUT2D eigenvalue weighted by atomic mass is 10.1. The third kappa shape index (κ3) is 9.43. The Bertz CT molecular complexity index is 603. The van der Waals surface area contributed by atoms with Crippen LogP contribution in [0.25, 0.3) is 0 Å². The van der Waals surface area contributed by atoms with Crippen LogP contribution in [-0.2, 0) is 22.6 Å². The smallest absolute Gasteiger partial charge is 0.191 e. The van der Waals surface area contributed by atoms with Crippen molar-refractivity contribution in [2.24, 2.45) is 4.99 Å². The fourth-order valence-corrected chi connectivity index (χ4v) is 3.50. The molecule has 1 heterocycles. The van der Waals surface area contributed by atoms with Gasteiger partial charge in [0.1, 0.15) is 0 Å². The zero-order chi connectivity index (χ0) is 21.4. The average Bonchev–Trinajstić information content (AvgIpc) is 2.78. The molecule has 7 heteroatoms. The minimum absolute atomic E-state index is 0.644. The van der Waals surface area contributed by atoms with E-state index in [0.29, 0.717) is 19.8 Å². The Morgan fingerprint density at radius 2 is 1.70 bits per heavy atom. The molecule has 0 atom stereocenters. The van der Waals surface area contributed by atoms with Crippen LogP contribution in [0.2, 0.25) is 0 Å². The molecule has 0 spiro atoms. The number of ether oxygens (including phenoxy) is 2. The summed E-state index contributed by atoms with van der Waals surface area (Å²) in [6, 6.07) is 8.70. The van der Waals surface area contributed by atoms with Gasteiger partial charge in [-0.2, -0.15) is 0 Å². The maximum absolute atomic E-state index is 5.51. The standard InChI is InChI=1S/C23H41N5O2/c1-4-24-23(25-11-8-16-30-18-17-29-3)26-19-21-9-6-7-10-22(21)20-28-14-12-27(5-2)13-15-28/h6-7,9-10H,4-5,8,11-20H2,1-3H3,(H2,24,25,26). The van der Waals surface area contributed by atoms with E-state index in [9.17, 15) is 0 Å². The largest absolute Gasteiger partial charge is 0.382 e. The van der Waals surface area contributed by atoms with E-state index in [1.165, 1.54) is 24.2 Å². The van der Waals surface area contributed by atoms with Crippen LogP contribution in [0, 0.1) is 0 Å². The SMILES string of the molecule is CCNC(=NCc1ccccc1CN1CCN(CC)CC1)NCCCOCCOC. The number of nitrogens with one attached hydrogen (secondary N) is 2. The summed E-state index contributed by atoms with van der Waals surface area (Å²) in [5.74, 6) is 0.862. The normalized spacial score (nSPS) is 16.0. The van der Waals surface area contributed by atoms with Gasteiger partial charge in [-0.25, -0.2) is 4.99 Å². The van der Waals surface area contributed by atoms with Gasteiger partial charge < -0.3 is 25.0 Å². The van der Waals surface area contributed by atoms with E-state index >= 15 is 0 Å². The van der Waals surface area contributed by atoms with E-state index in [1.807, 2.05) is 0 Å². The Balaban J connectivity index is 1.83.